The SMILES string of the molecule is CCCOc1ccc(C(C)=O)cc1C(C)C. The molecule has 1 aromatic carbocycles. The van der Waals surface area contributed by atoms with E-state index in [0.29, 0.717) is 5.92 Å². The van der Waals surface area contributed by atoms with Gasteiger partial charge in [0.2, 0.25) is 0 Å². The second-order valence-corrected chi connectivity index (χ2v) is 4.31. The zero-order valence-corrected chi connectivity index (χ0v) is 10.5. The average molecular weight is 220 g/mol. The Hall–Kier alpha value is -1.31. The second-order valence-electron chi connectivity index (χ2n) is 4.31. The first-order valence-electron chi connectivity index (χ1n) is 5.84. The van der Waals surface area contributed by atoms with Crippen molar-refractivity contribution in [3.63, 3.8) is 0 Å². The largest absolute Gasteiger partial charge is 0.493 e. The van der Waals surface area contributed by atoms with Crippen molar-refractivity contribution in [2.75, 3.05) is 6.61 Å². The van der Waals surface area contributed by atoms with Crippen molar-refractivity contribution in [3.05, 3.63) is 29.3 Å². The van der Waals surface area contributed by atoms with Crippen molar-refractivity contribution >= 4 is 5.78 Å². The molecule has 0 unspecified atom stereocenters. The van der Waals surface area contributed by atoms with Gasteiger partial charge in [-0.25, -0.2) is 0 Å². The molecule has 0 aliphatic heterocycles. The standard InChI is InChI=1S/C14H20O2/c1-5-8-16-14-7-6-12(11(4)15)9-13(14)10(2)3/h6-7,9-10H,5,8H2,1-4H3. The fourth-order valence-corrected chi connectivity index (χ4v) is 1.56. The van der Waals surface area contributed by atoms with Crippen LogP contribution in [0.4, 0.5) is 0 Å². The number of Topliss-reactive ketones (excluding diaryl/α,β-unsaturated/α-hetero) is 1. The maximum absolute atomic E-state index is 11.3. The first-order chi connectivity index (χ1) is 7.56. The molecule has 88 valence electrons. The first-order valence-corrected chi connectivity index (χ1v) is 5.84. The number of rotatable bonds is 5. The molecule has 0 saturated carbocycles. The topological polar surface area (TPSA) is 26.3 Å². The molecule has 2 heteroatoms. The van der Waals surface area contributed by atoms with Gasteiger partial charge in [0, 0.05) is 5.56 Å². The molecular weight excluding hydrogens is 200 g/mol. The van der Waals surface area contributed by atoms with Crippen molar-refractivity contribution in [2.24, 2.45) is 0 Å². The highest BCUT2D eigenvalue weighted by Gasteiger charge is 2.10. The molecule has 0 saturated heterocycles. The Kier molecular flexibility index (Phi) is 4.53. The summed E-state index contributed by atoms with van der Waals surface area (Å²) in [5.41, 5.74) is 1.87. The Bertz CT molecular complexity index is 367. The van der Waals surface area contributed by atoms with Gasteiger partial charge in [0.1, 0.15) is 5.75 Å². The van der Waals surface area contributed by atoms with E-state index in [0.717, 1.165) is 29.9 Å². The molecule has 0 N–H and O–H groups in total. The molecule has 16 heavy (non-hydrogen) atoms. The highest BCUT2D eigenvalue weighted by molar-refractivity contribution is 5.94. The van der Waals surface area contributed by atoms with Gasteiger partial charge in [-0.05, 0) is 43.0 Å². The molecule has 0 spiro atoms. The Morgan fingerprint density at radius 2 is 2.06 bits per heavy atom. The average Bonchev–Trinajstić information content (AvgIpc) is 2.25. The van der Waals surface area contributed by atoms with Crippen molar-refractivity contribution in [3.8, 4) is 5.75 Å². The van der Waals surface area contributed by atoms with Crippen LogP contribution in [-0.2, 0) is 0 Å². The maximum atomic E-state index is 11.3. The van der Waals surface area contributed by atoms with Crippen LogP contribution in [0.1, 0.15) is 56.0 Å². The molecule has 0 atom stereocenters. The smallest absolute Gasteiger partial charge is 0.159 e. The number of hydrogen-bond donors (Lipinski definition) is 0. The van der Waals surface area contributed by atoms with Crippen LogP contribution in [0.2, 0.25) is 0 Å². The molecular formula is C14H20O2. The van der Waals surface area contributed by atoms with Crippen molar-refractivity contribution in [1.82, 2.24) is 0 Å². The third kappa shape index (κ3) is 3.09. The summed E-state index contributed by atoms with van der Waals surface area (Å²) in [7, 11) is 0. The molecule has 1 aromatic rings. The molecule has 0 aromatic heterocycles. The van der Waals surface area contributed by atoms with Crippen LogP contribution in [0, 0.1) is 0 Å². The van der Waals surface area contributed by atoms with Crippen LogP contribution in [0.15, 0.2) is 18.2 Å². The zero-order valence-electron chi connectivity index (χ0n) is 10.5. The van der Waals surface area contributed by atoms with E-state index in [2.05, 4.69) is 20.8 Å². The Morgan fingerprint density at radius 1 is 1.38 bits per heavy atom. The number of benzene rings is 1. The molecule has 2 nitrogen and oxygen atoms in total. The molecule has 0 amide bonds. The summed E-state index contributed by atoms with van der Waals surface area (Å²) < 4.78 is 5.67. The summed E-state index contributed by atoms with van der Waals surface area (Å²) in [5.74, 6) is 1.37. The number of ether oxygens (including phenoxy) is 1. The summed E-state index contributed by atoms with van der Waals surface area (Å²) in [6.07, 6.45) is 0.992. The highest BCUT2D eigenvalue weighted by Crippen LogP contribution is 2.27. The van der Waals surface area contributed by atoms with E-state index in [1.54, 1.807) is 6.92 Å². The van der Waals surface area contributed by atoms with E-state index in [-0.39, 0.29) is 5.78 Å². The predicted molar refractivity (Wildman–Crippen MR) is 66.3 cm³/mol. The van der Waals surface area contributed by atoms with Crippen molar-refractivity contribution < 1.29 is 9.53 Å². The Morgan fingerprint density at radius 3 is 2.56 bits per heavy atom. The molecule has 0 aliphatic rings. The fourth-order valence-electron chi connectivity index (χ4n) is 1.56. The van der Waals surface area contributed by atoms with Crippen molar-refractivity contribution in [2.45, 2.75) is 40.0 Å². The van der Waals surface area contributed by atoms with E-state index < -0.39 is 0 Å². The minimum Gasteiger partial charge on any atom is -0.493 e. The minimum absolute atomic E-state index is 0.101. The number of carbonyl (C=O) groups excluding carboxylic acids is 1. The van der Waals surface area contributed by atoms with Gasteiger partial charge in [-0.3, -0.25) is 4.79 Å². The van der Waals surface area contributed by atoms with Gasteiger partial charge < -0.3 is 4.74 Å². The van der Waals surface area contributed by atoms with E-state index >= 15 is 0 Å². The predicted octanol–water partition coefficient (Wildman–Crippen LogP) is 3.80. The highest BCUT2D eigenvalue weighted by atomic mass is 16.5. The van der Waals surface area contributed by atoms with Gasteiger partial charge in [0.05, 0.1) is 6.61 Å². The van der Waals surface area contributed by atoms with Crippen LogP contribution >= 0.6 is 0 Å². The molecule has 0 fully saturated rings. The number of hydrogen-bond acceptors (Lipinski definition) is 2. The summed E-state index contributed by atoms with van der Waals surface area (Å²) >= 11 is 0. The molecule has 0 aliphatic carbocycles. The van der Waals surface area contributed by atoms with Gasteiger partial charge in [0.15, 0.2) is 5.78 Å². The summed E-state index contributed by atoms with van der Waals surface area (Å²) in [5, 5.41) is 0. The summed E-state index contributed by atoms with van der Waals surface area (Å²) in [6, 6.07) is 5.68. The van der Waals surface area contributed by atoms with Gasteiger partial charge in [-0.1, -0.05) is 20.8 Å². The van der Waals surface area contributed by atoms with Gasteiger partial charge >= 0.3 is 0 Å². The van der Waals surface area contributed by atoms with Crippen LogP contribution in [-0.4, -0.2) is 12.4 Å². The lowest BCUT2D eigenvalue weighted by Crippen LogP contribution is -2.02. The molecule has 0 radical (unpaired) electrons. The van der Waals surface area contributed by atoms with E-state index in [9.17, 15) is 4.79 Å². The molecule has 0 heterocycles. The first kappa shape index (κ1) is 12.8. The lowest BCUT2D eigenvalue weighted by Gasteiger charge is -2.14. The third-order valence-corrected chi connectivity index (χ3v) is 2.50. The minimum atomic E-state index is 0.101. The zero-order chi connectivity index (χ0) is 12.1. The lowest BCUT2D eigenvalue weighted by molar-refractivity contribution is 0.101. The lowest BCUT2D eigenvalue weighted by atomic mass is 9.98. The molecule has 1 rings (SSSR count). The maximum Gasteiger partial charge on any atom is 0.159 e. The molecule has 0 bridgehead atoms. The summed E-state index contributed by atoms with van der Waals surface area (Å²) in [6.45, 7) is 8.61. The normalized spacial score (nSPS) is 10.6. The number of ketones is 1. The fraction of sp³-hybridized carbons (Fsp3) is 0.500. The number of carbonyl (C=O) groups is 1. The van der Waals surface area contributed by atoms with Crippen LogP contribution in [0.25, 0.3) is 0 Å². The van der Waals surface area contributed by atoms with Crippen molar-refractivity contribution in [1.29, 1.82) is 0 Å². The van der Waals surface area contributed by atoms with E-state index in [1.165, 1.54) is 0 Å². The van der Waals surface area contributed by atoms with Gasteiger partial charge in [-0.15, -0.1) is 0 Å². The Labute approximate surface area is 97.6 Å². The monoisotopic (exact) mass is 220 g/mol. The van der Waals surface area contributed by atoms with Gasteiger partial charge in [0.25, 0.3) is 0 Å². The van der Waals surface area contributed by atoms with Crippen LogP contribution in [0.5, 0.6) is 5.75 Å². The van der Waals surface area contributed by atoms with E-state index in [4.69, 9.17) is 4.74 Å². The van der Waals surface area contributed by atoms with Gasteiger partial charge in [-0.2, -0.15) is 0 Å². The van der Waals surface area contributed by atoms with Crippen LogP contribution in [0.3, 0.4) is 0 Å². The second kappa shape index (κ2) is 5.69. The summed E-state index contributed by atoms with van der Waals surface area (Å²) in [4.78, 5) is 11.3. The quantitative estimate of drug-likeness (QED) is 0.705. The Balaban J connectivity index is 3.04. The van der Waals surface area contributed by atoms with E-state index in [1.807, 2.05) is 18.2 Å². The third-order valence-electron chi connectivity index (χ3n) is 2.50. The van der Waals surface area contributed by atoms with Crippen LogP contribution < -0.4 is 4.74 Å².